The topological polar surface area (TPSA) is 88.3 Å². The molecular formula is C23H20ClFN4O2S. The van der Waals surface area contributed by atoms with E-state index in [2.05, 4.69) is 10.3 Å². The van der Waals surface area contributed by atoms with Gasteiger partial charge in [-0.2, -0.15) is 0 Å². The number of rotatable bonds is 5. The standard InChI is InChI=1S/C23H20ClFN4O2S/c24-15-5-1-4-13(7-15)21(30)27-10-18-17-9-14(17)11-29(18)22(31)19-20(32-23(26)28-19)12-3-2-6-16(25)8-12/h1-8,14,17-18H,9-11H2,(H2,26,28)(H,27,30)/t14-,17-,18+/m0/s1. The van der Waals surface area contributed by atoms with Gasteiger partial charge in [-0.1, -0.05) is 41.1 Å². The van der Waals surface area contributed by atoms with Crippen LogP contribution >= 0.6 is 22.9 Å². The van der Waals surface area contributed by atoms with Crippen LogP contribution in [0, 0.1) is 17.7 Å². The number of nitrogens with one attached hydrogen (secondary N) is 1. The summed E-state index contributed by atoms with van der Waals surface area (Å²) in [6.07, 6.45) is 1.04. The number of likely N-dealkylation sites (tertiary alicyclic amines) is 1. The maximum atomic E-state index is 13.8. The molecule has 3 N–H and O–H groups in total. The van der Waals surface area contributed by atoms with Crippen LogP contribution in [-0.4, -0.2) is 40.8 Å². The molecule has 0 radical (unpaired) electrons. The van der Waals surface area contributed by atoms with Crippen LogP contribution in [-0.2, 0) is 0 Å². The van der Waals surface area contributed by atoms with Gasteiger partial charge in [-0.25, -0.2) is 9.37 Å². The van der Waals surface area contributed by atoms with Crippen molar-refractivity contribution in [1.29, 1.82) is 0 Å². The zero-order valence-corrected chi connectivity index (χ0v) is 18.5. The highest BCUT2D eigenvalue weighted by Gasteiger charge is 2.54. The number of hydrogen-bond donors (Lipinski definition) is 2. The fourth-order valence-corrected chi connectivity index (χ4v) is 5.45. The van der Waals surface area contributed by atoms with Gasteiger partial charge in [0.25, 0.3) is 11.8 Å². The Morgan fingerprint density at radius 3 is 2.84 bits per heavy atom. The average molecular weight is 471 g/mol. The molecule has 1 aliphatic carbocycles. The molecule has 2 fully saturated rings. The minimum absolute atomic E-state index is 0.126. The molecule has 0 bridgehead atoms. The smallest absolute Gasteiger partial charge is 0.274 e. The molecule has 0 spiro atoms. The van der Waals surface area contributed by atoms with Gasteiger partial charge >= 0.3 is 0 Å². The molecule has 2 amide bonds. The molecule has 2 aliphatic rings. The number of fused-ring (bicyclic) bond motifs is 1. The minimum Gasteiger partial charge on any atom is -0.375 e. The first-order chi connectivity index (χ1) is 15.4. The van der Waals surface area contributed by atoms with Gasteiger partial charge in [0.05, 0.1) is 10.9 Å². The van der Waals surface area contributed by atoms with E-state index >= 15 is 0 Å². The Morgan fingerprint density at radius 1 is 1.25 bits per heavy atom. The lowest BCUT2D eigenvalue weighted by molar-refractivity contribution is 0.0691. The fraction of sp³-hybridized carbons (Fsp3) is 0.261. The molecule has 1 saturated heterocycles. The zero-order valence-electron chi connectivity index (χ0n) is 16.9. The molecule has 6 nitrogen and oxygen atoms in total. The van der Waals surface area contributed by atoms with E-state index in [1.807, 2.05) is 0 Å². The monoisotopic (exact) mass is 470 g/mol. The second kappa shape index (κ2) is 8.18. The third-order valence-electron chi connectivity index (χ3n) is 6.06. The van der Waals surface area contributed by atoms with Crippen LogP contribution in [0.1, 0.15) is 27.3 Å². The van der Waals surface area contributed by atoms with Crippen LogP contribution in [0.2, 0.25) is 5.02 Å². The molecule has 1 aromatic heterocycles. The van der Waals surface area contributed by atoms with Crippen LogP contribution in [0.3, 0.4) is 0 Å². The van der Waals surface area contributed by atoms with Gasteiger partial charge < -0.3 is 16.0 Å². The summed E-state index contributed by atoms with van der Waals surface area (Å²) in [4.78, 5) is 32.6. The number of nitrogen functional groups attached to an aromatic ring is 1. The Morgan fingerprint density at radius 2 is 2.06 bits per heavy atom. The summed E-state index contributed by atoms with van der Waals surface area (Å²) in [5.41, 5.74) is 7.18. The molecule has 3 aromatic rings. The predicted molar refractivity (Wildman–Crippen MR) is 122 cm³/mol. The van der Waals surface area contributed by atoms with Crippen molar-refractivity contribution in [2.24, 2.45) is 11.8 Å². The average Bonchev–Trinajstić information content (AvgIpc) is 3.28. The van der Waals surface area contributed by atoms with E-state index in [1.165, 1.54) is 12.1 Å². The molecule has 164 valence electrons. The van der Waals surface area contributed by atoms with E-state index in [0.29, 0.717) is 46.0 Å². The molecule has 1 saturated carbocycles. The van der Waals surface area contributed by atoms with E-state index in [1.54, 1.807) is 41.3 Å². The normalized spacial score (nSPS) is 21.3. The summed E-state index contributed by atoms with van der Waals surface area (Å²) in [7, 11) is 0. The molecule has 2 aromatic carbocycles. The Kier molecular flexibility index (Phi) is 5.35. The Labute approximate surface area is 193 Å². The van der Waals surface area contributed by atoms with Gasteiger partial charge in [0.15, 0.2) is 5.13 Å². The third-order valence-corrected chi connectivity index (χ3v) is 7.22. The second-order valence-corrected chi connectivity index (χ2v) is 9.61. The number of thiazole rings is 1. The van der Waals surface area contributed by atoms with Crippen molar-refractivity contribution in [2.75, 3.05) is 18.8 Å². The highest BCUT2D eigenvalue weighted by atomic mass is 35.5. The highest BCUT2D eigenvalue weighted by molar-refractivity contribution is 7.19. The van der Waals surface area contributed by atoms with Crippen LogP contribution in [0.4, 0.5) is 9.52 Å². The molecule has 32 heavy (non-hydrogen) atoms. The second-order valence-electron chi connectivity index (χ2n) is 8.15. The van der Waals surface area contributed by atoms with Gasteiger partial charge in [-0.15, -0.1) is 0 Å². The van der Waals surface area contributed by atoms with Gasteiger partial charge in [-0.05, 0) is 54.2 Å². The van der Waals surface area contributed by atoms with Gasteiger partial charge in [0.1, 0.15) is 11.5 Å². The lowest BCUT2D eigenvalue weighted by Gasteiger charge is -2.27. The molecule has 3 atom stereocenters. The Bertz CT molecular complexity index is 1220. The summed E-state index contributed by atoms with van der Waals surface area (Å²) >= 11 is 7.15. The van der Waals surface area contributed by atoms with Crippen LogP contribution in [0.5, 0.6) is 0 Å². The number of nitrogens with two attached hydrogens (primary N) is 1. The summed E-state index contributed by atoms with van der Waals surface area (Å²) in [5, 5.41) is 3.68. The summed E-state index contributed by atoms with van der Waals surface area (Å²) in [6, 6.07) is 12.7. The van der Waals surface area contributed by atoms with Crippen molar-refractivity contribution in [3.63, 3.8) is 0 Å². The fourth-order valence-electron chi connectivity index (χ4n) is 4.44. The predicted octanol–water partition coefficient (Wildman–Crippen LogP) is 4.08. The van der Waals surface area contributed by atoms with Crippen LogP contribution < -0.4 is 11.1 Å². The van der Waals surface area contributed by atoms with E-state index in [4.69, 9.17) is 17.3 Å². The first-order valence-corrected chi connectivity index (χ1v) is 11.5. The van der Waals surface area contributed by atoms with Crippen molar-refractivity contribution in [3.05, 3.63) is 70.6 Å². The number of hydrogen-bond acceptors (Lipinski definition) is 5. The van der Waals surface area contributed by atoms with Gasteiger partial charge in [-0.3, -0.25) is 9.59 Å². The van der Waals surface area contributed by atoms with Gasteiger partial charge in [0.2, 0.25) is 0 Å². The number of carbonyl (C=O) groups is 2. The first-order valence-electron chi connectivity index (χ1n) is 10.3. The molecule has 9 heteroatoms. The number of benzene rings is 2. The summed E-state index contributed by atoms with van der Waals surface area (Å²) in [5.74, 6) is -0.0847. The third kappa shape index (κ3) is 3.96. The quantitative estimate of drug-likeness (QED) is 0.588. The largest absolute Gasteiger partial charge is 0.375 e. The number of anilines is 1. The maximum Gasteiger partial charge on any atom is 0.274 e. The summed E-state index contributed by atoms with van der Waals surface area (Å²) in [6.45, 7) is 0.953. The SMILES string of the molecule is Nc1nc(C(=O)N2C[C@@H]3C[C@@H]3[C@H]2CNC(=O)c2cccc(Cl)c2)c(-c2cccc(F)c2)s1. The molecule has 2 heterocycles. The molecule has 1 aliphatic heterocycles. The number of halogens is 2. The van der Waals surface area contributed by atoms with Crippen molar-refractivity contribution in [2.45, 2.75) is 12.5 Å². The van der Waals surface area contributed by atoms with Crippen LogP contribution in [0.15, 0.2) is 48.5 Å². The van der Waals surface area contributed by atoms with Crippen molar-refractivity contribution >= 4 is 39.9 Å². The van der Waals surface area contributed by atoms with E-state index in [9.17, 15) is 14.0 Å². The lowest BCUT2D eigenvalue weighted by atomic mass is 10.1. The van der Waals surface area contributed by atoms with E-state index in [0.717, 1.165) is 17.8 Å². The molecule has 0 unspecified atom stereocenters. The Hall–Kier alpha value is -2.97. The molecular weight excluding hydrogens is 451 g/mol. The highest BCUT2D eigenvalue weighted by Crippen LogP contribution is 2.50. The number of carbonyl (C=O) groups excluding carboxylic acids is 2. The minimum atomic E-state index is -0.392. The van der Waals surface area contributed by atoms with E-state index < -0.39 is 5.82 Å². The Balaban J connectivity index is 1.36. The van der Waals surface area contributed by atoms with Crippen molar-refractivity contribution < 1.29 is 14.0 Å². The number of aromatic nitrogens is 1. The maximum absolute atomic E-state index is 13.8. The number of piperidine rings is 1. The van der Waals surface area contributed by atoms with Crippen molar-refractivity contribution in [1.82, 2.24) is 15.2 Å². The first kappa shape index (κ1) is 20.9. The zero-order chi connectivity index (χ0) is 22.4. The van der Waals surface area contributed by atoms with Crippen LogP contribution in [0.25, 0.3) is 10.4 Å². The van der Waals surface area contributed by atoms with E-state index in [-0.39, 0.29) is 28.7 Å². The van der Waals surface area contributed by atoms with Crippen molar-refractivity contribution in [3.8, 4) is 10.4 Å². The summed E-state index contributed by atoms with van der Waals surface area (Å²) < 4.78 is 13.8. The number of amides is 2. The molecule has 5 rings (SSSR count). The number of nitrogens with zero attached hydrogens (tertiary/aromatic N) is 2. The lowest BCUT2D eigenvalue weighted by Crippen LogP contribution is -2.45. The van der Waals surface area contributed by atoms with Gasteiger partial charge in [0, 0.05) is 23.7 Å².